The molecule has 0 aromatic heterocycles. The molecule has 0 saturated heterocycles. The van der Waals surface area contributed by atoms with Gasteiger partial charge >= 0.3 is 5.97 Å². The summed E-state index contributed by atoms with van der Waals surface area (Å²) in [5.41, 5.74) is -1.78. The number of hydrogen-bond acceptors (Lipinski definition) is 1. The van der Waals surface area contributed by atoms with E-state index in [0.29, 0.717) is 18.4 Å². The fourth-order valence-electron chi connectivity index (χ4n) is 2.03. The Bertz CT molecular complexity index is 417. The molecule has 0 amide bonds. The van der Waals surface area contributed by atoms with Crippen LogP contribution < -0.4 is 0 Å². The van der Waals surface area contributed by atoms with Crippen molar-refractivity contribution in [3.63, 3.8) is 0 Å². The van der Waals surface area contributed by atoms with Crippen molar-refractivity contribution >= 4 is 5.97 Å². The Morgan fingerprint density at radius 2 is 2.20 bits per heavy atom. The van der Waals surface area contributed by atoms with E-state index in [9.17, 15) is 13.6 Å². The first-order valence-corrected chi connectivity index (χ1v) is 4.75. The van der Waals surface area contributed by atoms with Gasteiger partial charge in [0.1, 0.15) is 5.82 Å². The number of carboxylic acids is 1. The largest absolute Gasteiger partial charge is 0.479 e. The lowest BCUT2D eigenvalue weighted by atomic mass is 9.80. The summed E-state index contributed by atoms with van der Waals surface area (Å²) in [6, 6.07) is 3.55. The Morgan fingerprint density at radius 3 is 2.87 bits per heavy atom. The van der Waals surface area contributed by atoms with E-state index in [1.807, 2.05) is 0 Å². The van der Waals surface area contributed by atoms with Crippen molar-refractivity contribution in [3.8, 4) is 0 Å². The Hall–Kier alpha value is -1.45. The van der Waals surface area contributed by atoms with Crippen molar-refractivity contribution < 1.29 is 18.7 Å². The molecule has 4 heteroatoms. The van der Waals surface area contributed by atoms with Crippen LogP contribution in [-0.4, -0.2) is 11.1 Å². The third-order valence-electron chi connectivity index (χ3n) is 2.80. The first kappa shape index (κ1) is 10.1. The van der Waals surface area contributed by atoms with Gasteiger partial charge in [-0.2, -0.15) is 0 Å². The number of fused-ring (bicyclic) bond motifs is 1. The lowest BCUT2D eigenvalue weighted by Crippen LogP contribution is -2.34. The number of carboxylic acid groups (broad SMARTS) is 1. The average molecular weight is 212 g/mol. The maximum Gasteiger partial charge on any atom is 0.346 e. The van der Waals surface area contributed by atoms with E-state index < -0.39 is 17.5 Å². The summed E-state index contributed by atoms with van der Waals surface area (Å²) in [6.07, 6.45) is 0.923. The second kappa shape index (κ2) is 3.29. The zero-order chi connectivity index (χ0) is 11.1. The minimum atomic E-state index is -2.35. The molecular weight excluding hydrogens is 202 g/mol. The molecule has 0 radical (unpaired) electrons. The molecule has 0 bridgehead atoms. The molecule has 2 rings (SSSR count). The highest BCUT2D eigenvalue weighted by Crippen LogP contribution is 2.39. The summed E-state index contributed by atoms with van der Waals surface area (Å²) in [6.45, 7) is 0. The molecule has 1 aromatic rings. The first-order chi connectivity index (χ1) is 7.04. The number of halogens is 2. The van der Waals surface area contributed by atoms with Crippen LogP contribution >= 0.6 is 0 Å². The second-order valence-electron chi connectivity index (χ2n) is 3.76. The predicted octanol–water partition coefficient (Wildman–Crippen LogP) is 2.41. The monoisotopic (exact) mass is 212 g/mol. The number of aryl methyl sites for hydroxylation is 1. The quantitative estimate of drug-likeness (QED) is 0.776. The van der Waals surface area contributed by atoms with E-state index in [1.165, 1.54) is 12.1 Å². The highest BCUT2D eigenvalue weighted by atomic mass is 19.1. The number of hydrogen-bond donors (Lipinski definition) is 1. The molecule has 1 aliphatic carbocycles. The summed E-state index contributed by atoms with van der Waals surface area (Å²) in [4.78, 5) is 10.9. The van der Waals surface area contributed by atoms with Gasteiger partial charge in [-0.3, -0.25) is 0 Å². The Morgan fingerprint density at radius 1 is 1.47 bits per heavy atom. The van der Waals surface area contributed by atoms with Gasteiger partial charge in [-0.05, 0) is 37.0 Å². The minimum Gasteiger partial charge on any atom is -0.479 e. The van der Waals surface area contributed by atoms with Crippen LogP contribution in [-0.2, 0) is 16.9 Å². The molecule has 1 aromatic carbocycles. The number of benzene rings is 1. The van der Waals surface area contributed by atoms with Crippen LogP contribution in [0, 0.1) is 5.82 Å². The summed E-state index contributed by atoms with van der Waals surface area (Å²) in [5, 5.41) is 8.84. The van der Waals surface area contributed by atoms with Crippen molar-refractivity contribution in [2.24, 2.45) is 0 Å². The van der Waals surface area contributed by atoms with E-state index in [0.717, 1.165) is 6.07 Å². The molecule has 1 unspecified atom stereocenters. The maximum absolute atomic E-state index is 14.1. The molecule has 0 fully saturated rings. The van der Waals surface area contributed by atoms with E-state index >= 15 is 0 Å². The van der Waals surface area contributed by atoms with E-state index in [2.05, 4.69) is 0 Å². The number of alkyl halides is 1. The van der Waals surface area contributed by atoms with Gasteiger partial charge in [-0.15, -0.1) is 0 Å². The zero-order valence-corrected chi connectivity index (χ0v) is 7.96. The van der Waals surface area contributed by atoms with Crippen LogP contribution in [0.15, 0.2) is 18.2 Å². The zero-order valence-electron chi connectivity index (χ0n) is 7.96. The average Bonchev–Trinajstić information content (AvgIpc) is 2.17. The van der Waals surface area contributed by atoms with Crippen molar-refractivity contribution in [1.82, 2.24) is 0 Å². The normalized spacial score (nSPS) is 24.7. The second-order valence-corrected chi connectivity index (χ2v) is 3.76. The van der Waals surface area contributed by atoms with Crippen molar-refractivity contribution in [1.29, 1.82) is 0 Å². The lowest BCUT2D eigenvalue weighted by molar-refractivity contribution is -0.152. The molecule has 0 spiro atoms. The molecule has 0 saturated carbocycles. The fraction of sp³-hybridized carbons (Fsp3) is 0.364. The van der Waals surface area contributed by atoms with Gasteiger partial charge in [0.2, 0.25) is 5.67 Å². The molecule has 2 nitrogen and oxygen atoms in total. The summed E-state index contributed by atoms with van der Waals surface area (Å²) >= 11 is 0. The van der Waals surface area contributed by atoms with Gasteiger partial charge < -0.3 is 5.11 Å². The van der Waals surface area contributed by atoms with Crippen molar-refractivity contribution in [3.05, 3.63) is 35.1 Å². The van der Waals surface area contributed by atoms with Crippen LogP contribution in [0.3, 0.4) is 0 Å². The maximum atomic E-state index is 14.1. The smallest absolute Gasteiger partial charge is 0.346 e. The van der Waals surface area contributed by atoms with E-state index in [4.69, 9.17) is 5.11 Å². The fourth-order valence-corrected chi connectivity index (χ4v) is 2.03. The van der Waals surface area contributed by atoms with Crippen molar-refractivity contribution in [2.75, 3.05) is 0 Å². The Balaban J connectivity index is 2.56. The van der Waals surface area contributed by atoms with Gasteiger partial charge in [0.15, 0.2) is 0 Å². The highest BCUT2D eigenvalue weighted by Gasteiger charge is 2.44. The standard InChI is InChI=1S/C11H10F2O2/c12-8-3-4-9-7(6-8)2-1-5-11(9,13)10(14)15/h3-4,6H,1-2,5H2,(H,14,15). The third kappa shape index (κ3) is 1.50. The van der Waals surface area contributed by atoms with Gasteiger partial charge in [-0.25, -0.2) is 13.6 Å². The third-order valence-corrected chi connectivity index (χ3v) is 2.80. The van der Waals surface area contributed by atoms with Gasteiger partial charge in [0, 0.05) is 5.56 Å². The summed E-state index contributed by atoms with van der Waals surface area (Å²) < 4.78 is 27.0. The van der Waals surface area contributed by atoms with Crippen LogP contribution in [0.4, 0.5) is 8.78 Å². The SMILES string of the molecule is O=C(O)C1(F)CCCc2cc(F)ccc21. The van der Waals surface area contributed by atoms with Crippen LogP contribution in [0.25, 0.3) is 0 Å². The molecule has 15 heavy (non-hydrogen) atoms. The van der Waals surface area contributed by atoms with Gasteiger partial charge in [-0.1, -0.05) is 6.07 Å². The van der Waals surface area contributed by atoms with E-state index in [-0.39, 0.29) is 12.0 Å². The molecule has 1 N–H and O–H groups in total. The molecule has 0 aliphatic heterocycles. The lowest BCUT2D eigenvalue weighted by Gasteiger charge is -2.28. The first-order valence-electron chi connectivity index (χ1n) is 4.75. The molecule has 0 heterocycles. The minimum absolute atomic E-state index is 0.0407. The van der Waals surface area contributed by atoms with Crippen LogP contribution in [0.2, 0.25) is 0 Å². The Labute approximate surface area is 85.5 Å². The predicted molar refractivity (Wildman–Crippen MR) is 49.8 cm³/mol. The topological polar surface area (TPSA) is 37.3 Å². The van der Waals surface area contributed by atoms with Crippen molar-refractivity contribution in [2.45, 2.75) is 24.9 Å². The van der Waals surface area contributed by atoms with Gasteiger partial charge in [0.25, 0.3) is 0 Å². The Kier molecular flexibility index (Phi) is 2.21. The van der Waals surface area contributed by atoms with Crippen LogP contribution in [0.1, 0.15) is 24.0 Å². The molecule has 1 aliphatic rings. The summed E-state index contributed by atoms with van der Waals surface area (Å²) in [7, 11) is 0. The highest BCUT2D eigenvalue weighted by molar-refractivity contribution is 5.80. The summed E-state index contributed by atoms with van der Waals surface area (Å²) in [5.74, 6) is -1.95. The molecule has 80 valence electrons. The number of aliphatic carboxylic acids is 1. The van der Waals surface area contributed by atoms with E-state index in [1.54, 1.807) is 0 Å². The number of rotatable bonds is 1. The van der Waals surface area contributed by atoms with Gasteiger partial charge in [0.05, 0.1) is 0 Å². The molecule has 1 atom stereocenters. The van der Waals surface area contributed by atoms with Crippen LogP contribution in [0.5, 0.6) is 0 Å². The molecular formula is C11H10F2O2. The number of carbonyl (C=O) groups is 1.